The largest absolute Gasteiger partial charge is 0.345 e. The number of amides is 1. The number of aryl methyl sites for hydroxylation is 1. The highest BCUT2D eigenvalue weighted by atomic mass is 16.2. The summed E-state index contributed by atoms with van der Waals surface area (Å²) >= 11 is 0. The van der Waals surface area contributed by atoms with Gasteiger partial charge in [0, 0.05) is 12.1 Å². The summed E-state index contributed by atoms with van der Waals surface area (Å²) < 4.78 is 0. The molecule has 0 bridgehead atoms. The summed E-state index contributed by atoms with van der Waals surface area (Å²) in [4.78, 5) is 15.6. The lowest BCUT2D eigenvalue weighted by molar-refractivity contribution is 0.0924. The average Bonchev–Trinajstić information content (AvgIpc) is 2.77. The summed E-state index contributed by atoms with van der Waals surface area (Å²) in [5.74, 6) is 0.573. The maximum Gasteiger partial charge on any atom is 0.291 e. The number of nitrogens with zero attached hydrogens (tertiary/aromatic N) is 2. The van der Waals surface area contributed by atoms with Gasteiger partial charge in [-0.3, -0.25) is 9.89 Å². The Bertz CT molecular complexity index is 361. The van der Waals surface area contributed by atoms with E-state index in [-0.39, 0.29) is 23.8 Å². The molecule has 6 nitrogen and oxygen atoms in total. The minimum Gasteiger partial charge on any atom is -0.345 e. The van der Waals surface area contributed by atoms with E-state index in [0.29, 0.717) is 5.82 Å². The van der Waals surface area contributed by atoms with Crippen molar-refractivity contribution in [2.45, 2.75) is 38.3 Å². The molecule has 15 heavy (non-hydrogen) atoms. The topological polar surface area (TPSA) is 96.7 Å². The molecule has 1 amide bonds. The Balaban J connectivity index is 1.97. The third kappa shape index (κ3) is 2.15. The molecule has 2 rings (SSSR count). The molecule has 1 aliphatic carbocycles. The summed E-state index contributed by atoms with van der Waals surface area (Å²) in [6.45, 7) is 1.76. The molecule has 1 fully saturated rings. The van der Waals surface area contributed by atoms with Gasteiger partial charge in [0.05, 0.1) is 0 Å². The van der Waals surface area contributed by atoms with Crippen molar-refractivity contribution in [3.05, 3.63) is 11.6 Å². The van der Waals surface area contributed by atoms with Gasteiger partial charge in [-0.1, -0.05) is 0 Å². The highest BCUT2D eigenvalue weighted by Crippen LogP contribution is 2.17. The number of aromatic amines is 1. The number of aromatic nitrogens is 3. The van der Waals surface area contributed by atoms with Gasteiger partial charge in [-0.15, -0.1) is 5.10 Å². The first-order valence-corrected chi connectivity index (χ1v) is 5.12. The summed E-state index contributed by atoms with van der Waals surface area (Å²) in [5.41, 5.74) is 5.85. The van der Waals surface area contributed by atoms with Crippen molar-refractivity contribution in [3.63, 3.8) is 0 Å². The molecule has 0 saturated heterocycles. The van der Waals surface area contributed by atoms with Gasteiger partial charge in [0.25, 0.3) is 5.91 Å². The number of rotatable bonds is 2. The predicted molar refractivity (Wildman–Crippen MR) is 54.2 cm³/mol. The Kier molecular flexibility index (Phi) is 2.68. The summed E-state index contributed by atoms with van der Waals surface area (Å²) in [6, 6.07) is 0.130. The van der Waals surface area contributed by atoms with Gasteiger partial charge < -0.3 is 11.1 Å². The molecule has 4 N–H and O–H groups in total. The van der Waals surface area contributed by atoms with Crippen molar-refractivity contribution < 1.29 is 4.79 Å². The molecule has 1 aromatic heterocycles. The van der Waals surface area contributed by atoms with E-state index < -0.39 is 0 Å². The SMILES string of the molecule is Cc1nc(C(=O)NC2CCCC2N)n[nH]1. The fourth-order valence-corrected chi connectivity index (χ4v) is 1.85. The van der Waals surface area contributed by atoms with E-state index >= 15 is 0 Å². The van der Waals surface area contributed by atoms with Gasteiger partial charge in [0.1, 0.15) is 5.82 Å². The van der Waals surface area contributed by atoms with Crippen LogP contribution in [-0.2, 0) is 0 Å². The average molecular weight is 209 g/mol. The van der Waals surface area contributed by atoms with E-state index in [4.69, 9.17) is 5.73 Å². The lowest BCUT2D eigenvalue weighted by atomic mass is 10.2. The molecular weight excluding hydrogens is 194 g/mol. The van der Waals surface area contributed by atoms with Gasteiger partial charge in [0.2, 0.25) is 5.82 Å². The van der Waals surface area contributed by atoms with Crippen molar-refractivity contribution in [2.75, 3.05) is 0 Å². The zero-order valence-corrected chi connectivity index (χ0v) is 8.66. The van der Waals surface area contributed by atoms with E-state index in [1.165, 1.54) is 0 Å². The lowest BCUT2D eigenvalue weighted by Crippen LogP contribution is -2.44. The number of hydrogen-bond donors (Lipinski definition) is 3. The van der Waals surface area contributed by atoms with Crippen LogP contribution in [0.25, 0.3) is 0 Å². The van der Waals surface area contributed by atoms with E-state index in [9.17, 15) is 4.79 Å². The summed E-state index contributed by atoms with van der Waals surface area (Å²) in [6.07, 6.45) is 2.98. The number of carbonyl (C=O) groups excluding carboxylic acids is 1. The van der Waals surface area contributed by atoms with Gasteiger partial charge in [0.15, 0.2) is 0 Å². The summed E-state index contributed by atoms with van der Waals surface area (Å²) in [7, 11) is 0. The van der Waals surface area contributed by atoms with Crippen LogP contribution in [0.4, 0.5) is 0 Å². The minimum absolute atomic E-state index is 0.0639. The first-order chi connectivity index (χ1) is 7.16. The molecule has 1 heterocycles. The molecule has 0 spiro atoms. The maximum atomic E-state index is 11.6. The van der Waals surface area contributed by atoms with Gasteiger partial charge >= 0.3 is 0 Å². The van der Waals surface area contributed by atoms with Crippen LogP contribution in [0.1, 0.15) is 35.7 Å². The molecule has 2 atom stereocenters. The van der Waals surface area contributed by atoms with E-state index in [1.807, 2.05) is 0 Å². The standard InChI is InChI=1S/C9H15N5O/c1-5-11-8(14-13-5)9(15)12-7-4-2-3-6(7)10/h6-7H,2-4,10H2,1H3,(H,12,15)(H,11,13,14). The normalized spacial score (nSPS) is 25.5. The molecule has 0 aliphatic heterocycles. The van der Waals surface area contributed by atoms with Crippen molar-refractivity contribution in [2.24, 2.45) is 5.73 Å². The minimum atomic E-state index is -0.248. The Labute approximate surface area is 87.6 Å². The first kappa shape index (κ1) is 10.1. The lowest BCUT2D eigenvalue weighted by Gasteiger charge is -2.15. The number of nitrogens with two attached hydrogens (primary N) is 1. The van der Waals surface area contributed by atoms with Gasteiger partial charge in [-0.25, -0.2) is 4.98 Å². The second-order valence-electron chi connectivity index (χ2n) is 3.92. The summed E-state index contributed by atoms with van der Waals surface area (Å²) in [5, 5.41) is 9.28. The van der Waals surface area contributed by atoms with Crippen molar-refractivity contribution >= 4 is 5.91 Å². The Morgan fingerprint density at radius 3 is 2.93 bits per heavy atom. The van der Waals surface area contributed by atoms with Crippen LogP contribution in [0.15, 0.2) is 0 Å². The van der Waals surface area contributed by atoms with Crippen LogP contribution in [0.5, 0.6) is 0 Å². The number of carbonyl (C=O) groups is 1. The predicted octanol–water partition coefficient (Wildman–Crippen LogP) is -0.277. The third-order valence-corrected chi connectivity index (χ3v) is 2.69. The quantitative estimate of drug-likeness (QED) is 0.624. The van der Waals surface area contributed by atoms with E-state index in [1.54, 1.807) is 6.92 Å². The zero-order chi connectivity index (χ0) is 10.8. The molecule has 0 aromatic carbocycles. The van der Waals surface area contributed by atoms with Gasteiger partial charge in [-0.2, -0.15) is 0 Å². The van der Waals surface area contributed by atoms with Crippen LogP contribution < -0.4 is 11.1 Å². The Hall–Kier alpha value is -1.43. The number of nitrogens with one attached hydrogen (secondary N) is 2. The fraction of sp³-hybridized carbons (Fsp3) is 0.667. The van der Waals surface area contributed by atoms with E-state index in [0.717, 1.165) is 19.3 Å². The molecule has 1 aromatic rings. The molecular formula is C9H15N5O. The van der Waals surface area contributed by atoms with Crippen molar-refractivity contribution in [3.8, 4) is 0 Å². The first-order valence-electron chi connectivity index (χ1n) is 5.12. The highest BCUT2D eigenvalue weighted by molar-refractivity contribution is 5.90. The van der Waals surface area contributed by atoms with Crippen molar-refractivity contribution in [1.82, 2.24) is 20.5 Å². The zero-order valence-electron chi connectivity index (χ0n) is 8.66. The molecule has 1 saturated carbocycles. The smallest absolute Gasteiger partial charge is 0.291 e. The molecule has 2 unspecified atom stereocenters. The monoisotopic (exact) mass is 209 g/mol. The third-order valence-electron chi connectivity index (χ3n) is 2.69. The molecule has 1 aliphatic rings. The van der Waals surface area contributed by atoms with Crippen LogP contribution in [0.3, 0.4) is 0 Å². The molecule has 6 heteroatoms. The fourth-order valence-electron chi connectivity index (χ4n) is 1.85. The van der Waals surface area contributed by atoms with Crippen LogP contribution in [0.2, 0.25) is 0 Å². The van der Waals surface area contributed by atoms with Crippen LogP contribution in [0, 0.1) is 6.92 Å². The highest BCUT2D eigenvalue weighted by Gasteiger charge is 2.26. The van der Waals surface area contributed by atoms with Crippen molar-refractivity contribution in [1.29, 1.82) is 0 Å². The van der Waals surface area contributed by atoms with Gasteiger partial charge in [-0.05, 0) is 26.2 Å². The molecule has 0 radical (unpaired) electrons. The maximum absolute atomic E-state index is 11.6. The second kappa shape index (κ2) is 3.98. The Morgan fingerprint density at radius 1 is 1.60 bits per heavy atom. The molecule has 82 valence electrons. The second-order valence-corrected chi connectivity index (χ2v) is 3.92. The van der Waals surface area contributed by atoms with Crippen LogP contribution in [-0.4, -0.2) is 33.2 Å². The van der Waals surface area contributed by atoms with Crippen LogP contribution >= 0.6 is 0 Å². The number of H-pyrrole nitrogens is 1. The number of hydrogen-bond acceptors (Lipinski definition) is 4. The Morgan fingerprint density at radius 2 is 2.40 bits per heavy atom. The van der Waals surface area contributed by atoms with E-state index in [2.05, 4.69) is 20.5 Å².